The number of halogens is 2. The fourth-order valence-corrected chi connectivity index (χ4v) is 6.57. The predicted octanol–water partition coefficient (Wildman–Crippen LogP) is 5.03. The topological polar surface area (TPSA) is 129 Å². The molecule has 0 unspecified atom stereocenters. The van der Waals surface area contributed by atoms with Crippen molar-refractivity contribution in [3.05, 3.63) is 53.6 Å². The van der Waals surface area contributed by atoms with Crippen molar-refractivity contribution >= 4 is 28.7 Å². The average molecular weight is 625 g/mol. The van der Waals surface area contributed by atoms with E-state index in [0.717, 1.165) is 62.8 Å². The SMILES string of the molecule is CCOC1CCC(n2cc(NC(=O)c3csc(-c4cnn(CCC(=O)[C@@H]5CCCN5)c4)n3)c(-c3nc(F)ccc3F)n2)CC1. The van der Waals surface area contributed by atoms with Gasteiger partial charge in [-0.1, -0.05) is 0 Å². The summed E-state index contributed by atoms with van der Waals surface area (Å²) in [6, 6.07) is 1.87. The van der Waals surface area contributed by atoms with Crippen LogP contribution in [-0.2, 0) is 16.1 Å². The fraction of sp³-hybridized carbons (Fsp3) is 0.467. The molecule has 2 N–H and O–H groups in total. The zero-order chi connectivity index (χ0) is 30.6. The summed E-state index contributed by atoms with van der Waals surface area (Å²) in [4.78, 5) is 33.9. The van der Waals surface area contributed by atoms with Crippen molar-refractivity contribution in [1.29, 1.82) is 0 Å². The number of nitrogens with zero attached hydrogens (tertiary/aromatic N) is 6. The van der Waals surface area contributed by atoms with Crippen LogP contribution in [-0.4, -0.2) is 66.5 Å². The minimum atomic E-state index is -0.852. The average Bonchev–Trinajstić information content (AvgIpc) is 3.84. The molecule has 1 aliphatic carbocycles. The largest absolute Gasteiger partial charge is 0.379 e. The molecule has 0 spiro atoms. The molecule has 11 nitrogen and oxygen atoms in total. The first-order valence-corrected chi connectivity index (χ1v) is 15.8. The first kappa shape index (κ1) is 30.2. The Hall–Kier alpha value is -3.88. The van der Waals surface area contributed by atoms with E-state index in [9.17, 15) is 18.4 Å². The van der Waals surface area contributed by atoms with Gasteiger partial charge in [0.2, 0.25) is 5.95 Å². The highest BCUT2D eigenvalue weighted by atomic mass is 32.1. The minimum absolute atomic E-state index is 0.0138. The number of ketones is 1. The number of anilines is 1. The minimum Gasteiger partial charge on any atom is -0.379 e. The Bertz CT molecular complexity index is 1620. The van der Waals surface area contributed by atoms with Crippen LogP contribution in [0, 0.1) is 11.8 Å². The van der Waals surface area contributed by atoms with E-state index in [1.165, 1.54) is 11.3 Å². The number of nitrogens with one attached hydrogen (secondary N) is 2. The van der Waals surface area contributed by atoms with Crippen molar-refractivity contribution in [2.45, 2.75) is 76.6 Å². The number of thiazole rings is 1. The Balaban J connectivity index is 1.17. The maximum absolute atomic E-state index is 14.8. The molecule has 0 aromatic carbocycles. The summed E-state index contributed by atoms with van der Waals surface area (Å²) < 4.78 is 38.0. The number of rotatable bonds is 11. The summed E-state index contributed by atoms with van der Waals surface area (Å²) in [5, 5.41) is 17.1. The number of hydrogen-bond acceptors (Lipinski definition) is 9. The molecule has 232 valence electrons. The predicted molar refractivity (Wildman–Crippen MR) is 160 cm³/mol. The fourth-order valence-electron chi connectivity index (χ4n) is 5.79. The number of carbonyl (C=O) groups is 2. The molecule has 44 heavy (non-hydrogen) atoms. The zero-order valence-corrected chi connectivity index (χ0v) is 25.2. The highest BCUT2D eigenvalue weighted by Crippen LogP contribution is 2.34. The van der Waals surface area contributed by atoms with Crippen LogP contribution in [0.4, 0.5) is 14.5 Å². The number of ether oxygens (including phenoxy) is 1. The second-order valence-corrected chi connectivity index (χ2v) is 11.9. The highest BCUT2D eigenvalue weighted by Gasteiger charge is 2.27. The number of Topliss-reactive ketones (excluding diaryl/α,β-unsaturated/α-hetero) is 1. The molecule has 2 fully saturated rings. The van der Waals surface area contributed by atoms with Crippen LogP contribution in [0.2, 0.25) is 0 Å². The van der Waals surface area contributed by atoms with Gasteiger partial charge in [0, 0.05) is 42.9 Å². The van der Waals surface area contributed by atoms with E-state index in [4.69, 9.17) is 4.74 Å². The van der Waals surface area contributed by atoms with E-state index < -0.39 is 17.7 Å². The van der Waals surface area contributed by atoms with Gasteiger partial charge in [-0.3, -0.25) is 19.0 Å². The number of carbonyl (C=O) groups excluding carboxylic acids is 2. The molecule has 1 saturated carbocycles. The van der Waals surface area contributed by atoms with Crippen LogP contribution >= 0.6 is 11.3 Å². The molecule has 4 aromatic rings. The van der Waals surface area contributed by atoms with Crippen molar-refractivity contribution in [2.24, 2.45) is 0 Å². The van der Waals surface area contributed by atoms with E-state index >= 15 is 0 Å². The number of aryl methyl sites for hydroxylation is 1. The van der Waals surface area contributed by atoms with Gasteiger partial charge < -0.3 is 15.4 Å². The van der Waals surface area contributed by atoms with Gasteiger partial charge in [0.1, 0.15) is 22.1 Å². The highest BCUT2D eigenvalue weighted by molar-refractivity contribution is 7.13. The van der Waals surface area contributed by atoms with Gasteiger partial charge in [0.05, 0.1) is 30.1 Å². The second kappa shape index (κ2) is 13.4. The lowest BCUT2D eigenvalue weighted by Gasteiger charge is -2.28. The Morgan fingerprint density at radius 3 is 2.73 bits per heavy atom. The number of amides is 1. The van der Waals surface area contributed by atoms with Crippen molar-refractivity contribution < 1.29 is 23.1 Å². The van der Waals surface area contributed by atoms with Gasteiger partial charge in [0.25, 0.3) is 5.91 Å². The Morgan fingerprint density at radius 2 is 1.95 bits per heavy atom. The third-order valence-electron chi connectivity index (χ3n) is 8.09. The van der Waals surface area contributed by atoms with Gasteiger partial charge in [-0.15, -0.1) is 11.3 Å². The number of aromatic nitrogens is 6. The molecule has 1 saturated heterocycles. The van der Waals surface area contributed by atoms with E-state index in [2.05, 4.69) is 30.8 Å². The molecule has 1 atom stereocenters. The third kappa shape index (κ3) is 6.76. The van der Waals surface area contributed by atoms with Crippen molar-refractivity contribution in [3.8, 4) is 22.0 Å². The van der Waals surface area contributed by atoms with E-state index in [0.29, 0.717) is 24.6 Å². The Morgan fingerprint density at radius 1 is 1.11 bits per heavy atom. The van der Waals surface area contributed by atoms with Gasteiger partial charge in [-0.05, 0) is 64.1 Å². The van der Waals surface area contributed by atoms with Crippen molar-refractivity contribution in [3.63, 3.8) is 0 Å². The molecule has 1 aliphatic heterocycles. The van der Waals surface area contributed by atoms with Crippen LogP contribution in [0.25, 0.3) is 22.0 Å². The van der Waals surface area contributed by atoms with Crippen LogP contribution < -0.4 is 10.6 Å². The van der Waals surface area contributed by atoms with Crippen LogP contribution in [0.1, 0.15) is 68.4 Å². The molecule has 0 radical (unpaired) electrons. The summed E-state index contributed by atoms with van der Waals surface area (Å²) in [6.45, 7) is 3.96. The van der Waals surface area contributed by atoms with Crippen molar-refractivity contribution in [2.75, 3.05) is 18.5 Å². The van der Waals surface area contributed by atoms with Gasteiger partial charge >= 0.3 is 0 Å². The normalized spacial score (nSPS) is 20.2. The lowest BCUT2D eigenvalue weighted by Crippen LogP contribution is -2.31. The smallest absolute Gasteiger partial charge is 0.275 e. The summed E-state index contributed by atoms with van der Waals surface area (Å²) in [5.74, 6) is -1.94. The standard InChI is InChI=1S/C30H34F2N8O3S/c1-2-43-20-7-5-19(6-8-20)40-16-23(28(38-40)27-21(31)9-10-26(32)37-27)35-29(42)24-17-44-30(36-24)18-14-34-39(15-18)13-11-25(41)22-4-3-12-33-22/h9-10,14-17,19-20,22,33H,2-8,11-13H2,1H3,(H,35,42)/t19?,20?,22-/m0/s1. The first-order chi connectivity index (χ1) is 21.4. The quantitative estimate of drug-likeness (QED) is 0.223. The van der Waals surface area contributed by atoms with Crippen LogP contribution in [0.5, 0.6) is 0 Å². The second-order valence-electron chi connectivity index (χ2n) is 11.1. The summed E-state index contributed by atoms with van der Waals surface area (Å²) >= 11 is 1.28. The Labute approximate surface area is 257 Å². The zero-order valence-electron chi connectivity index (χ0n) is 24.3. The molecule has 2 aliphatic rings. The Kier molecular flexibility index (Phi) is 9.19. The molecule has 14 heteroatoms. The maximum Gasteiger partial charge on any atom is 0.275 e. The summed E-state index contributed by atoms with van der Waals surface area (Å²) in [5.41, 5.74) is 0.853. The molecule has 6 rings (SSSR count). The molecule has 1 amide bonds. The lowest BCUT2D eigenvalue weighted by molar-refractivity contribution is -0.121. The summed E-state index contributed by atoms with van der Waals surface area (Å²) in [7, 11) is 0. The van der Waals surface area contributed by atoms with Crippen LogP contribution in [0.15, 0.2) is 36.1 Å². The molecule has 4 aromatic heterocycles. The van der Waals surface area contributed by atoms with Gasteiger partial charge in [-0.2, -0.15) is 14.6 Å². The van der Waals surface area contributed by atoms with Crippen LogP contribution in [0.3, 0.4) is 0 Å². The van der Waals surface area contributed by atoms with Crippen molar-refractivity contribution in [1.82, 2.24) is 34.8 Å². The van der Waals surface area contributed by atoms with Gasteiger partial charge in [-0.25, -0.2) is 14.4 Å². The molecule has 5 heterocycles. The molecular formula is C30H34F2N8O3S. The molecule has 0 bridgehead atoms. The van der Waals surface area contributed by atoms with E-state index in [1.54, 1.807) is 33.3 Å². The van der Waals surface area contributed by atoms with Gasteiger partial charge in [0.15, 0.2) is 11.6 Å². The third-order valence-corrected chi connectivity index (χ3v) is 8.98. The lowest BCUT2D eigenvalue weighted by atomic mass is 9.93. The summed E-state index contributed by atoms with van der Waals surface area (Å²) in [6.07, 6.45) is 10.9. The van der Waals surface area contributed by atoms with E-state index in [-0.39, 0.29) is 46.7 Å². The number of hydrogen-bond donors (Lipinski definition) is 2. The molecular weight excluding hydrogens is 590 g/mol. The first-order valence-electron chi connectivity index (χ1n) is 15.0. The number of pyridine rings is 1. The van der Waals surface area contributed by atoms with E-state index in [1.807, 2.05) is 6.92 Å². The monoisotopic (exact) mass is 624 g/mol. The maximum atomic E-state index is 14.8.